The van der Waals surface area contributed by atoms with Crippen LogP contribution in [0.25, 0.3) is 0 Å². The minimum Gasteiger partial charge on any atom is -0.490 e. The van der Waals surface area contributed by atoms with Crippen LogP contribution >= 0.6 is 45.5 Å². The monoisotopic (exact) mass is 906 g/mol. The predicted molar refractivity (Wildman–Crippen MR) is 211 cm³/mol. The summed E-state index contributed by atoms with van der Waals surface area (Å²) in [6, 6.07) is 11.4. The number of anilines is 1. The van der Waals surface area contributed by atoms with Crippen molar-refractivity contribution in [1.29, 1.82) is 0 Å². The SMILES string of the molecule is O=C1CCC(N2Cc3c(csc3COc3ccc(CCCCCCCOc4cc(C(=O)Nc5c(Cl)cncc5CI)ccc4OC(F)F)cc3)C2=O)C(=O)N1. The zero-order chi connectivity index (χ0) is 38.9. The molecule has 2 N–H and O–H groups in total. The number of rotatable bonds is 18. The van der Waals surface area contributed by atoms with Gasteiger partial charge in [-0.3, -0.25) is 29.5 Å². The molecule has 0 spiro atoms. The second-order valence-electron chi connectivity index (χ2n) is 13.0. The fourth-order valence-corrected chi connectivity index (χ4v) is 8.18. The smallest absolute Gasteiger partial charge is 0.387 e. The Morgan fingerprint density at radius 3 is 2.58 bits per heavy atom. The van der Waals surface area contributed by atoms with Gasteiger partial charge >= 0.3 is 6.61 Å². The van der Waals surface area contributed by atoms with Crippen LogP contribution in [0.3, 0.4) is 0 Å². The van der Waals surface area contributed by atoms with Crippen molar-refractivity contribution < 1.29 is 42.2 Å². The molecule has 55 heavy (non-hydrogen) atoms. The van der Waals surface area contributed by atoms with Gasteiger partial charge in [0.2, 0.25) is 11.8 Å². The van der Waals surface area contributed by atoms with Crippen LogP contribution in [0.2, 0.25) is 5.02 Å². The molecule has 2 aliphatic heterocycles. The number of halogens is 4. The van der Waals surface area contributed by atoms with Crippen molar-refractivity contribution in [2.75, 3.05) is 11.9 Å². The fraction of sp³-hybridized carbons (Fsp3) is 0.359. The zero-order valence-corrected chi connectivity index (χ0v) is 33.3. The van der Waals surface area contributed by atoms with Crippen molar-refractivity contribution >= 4 is 74.8 Å². The van der Waals surface area contributed by atoms with E-state index in [2.05, 4.69) is 42.9 Å². The number of aromatic nitrogens is 1. The van der Waals surface area contributed by atoms with Gasteiger partial charge in [-0.15, -0.1) is 11.3 Å². The Kier molecular flexibility index (Phi) is 13.9. The molecule has 1 fully saturated rings. The summed E-state index contributed by atoms with van der Waals surface area (Å²) >= 11 is 9.86. The van der Waals surface area contributed by atoms with E-state index in [0.717, 1.165) is 48.1 Å². The van der Waals surface area contributed by atoms with Crippen LogP contribution in [-0.4, -0.2) is 52.8 Å². The van der Waals surface area contributed by atoms with E-state index in [0.29, 0.717) is 52.4 Å². The van der Waals surface area contributed by atoms with E-state index in [1.807, 2.05) is 29.6 Å². The summed E-state index contributed by atoms with van der Waals surface area (Å²) in [6.07, 6.45) is 9.02. The van der Waals surface area contributed by atoms with Crippen molar-refractivity contribution in [3.05, 3.63) is 98.0 Å². The maximum atomic E-state index is 13.1. The maximum Gasteiger partial charge on any atom is 0.387 e. The minimum absolute atomic E-state index is 0.0566. The lowest BCUT2D eigenvalue weighted by molar-refractivity contribution is -0.136. The summed E-state index contributed by atoms with van der Waals surface area (Å²) in [5.41, 5.74) is 4.04. The van der Waals surface area contributed by atoms with Gasteiger partial charge < -0.3 is 24.4 Å². The lowest BCUT2D eigenvalue weighted by Crippen LogP contribution is -2.52. The third-order valence-electron chi connectivity index (χ3n) is 9.33. The number of pyridine rings is 1. The molecule has 16 heteroatoms. The van der Waals surface area contributed by atoms with Gasteiger partial charge in [-0.1, -0.05) is 65.6 Å². The highest BCUT2D eigenvalue weighted by atomic mass is 127. The number of hydrogen-bond acceptors (Lipinski definition) is 9. The molecule has 1 unspecified atom stereocenters. The number of ether oxygens (including phenoxy) is 3. The molecule has 0 bridgehead atoms. The van der Waals surface area contributed by atoms with Crippen LogP contribution in [0, 0.1) is 0 Å². The van der Waals surface area contributed by atoms with E-state index in [4.69, 9.17) is 21.1 Å². The molecular weight excluding hydrogens is 869 g/mol. The van der Waals surface area contributed by atoms with Gasteiger partial charge in [0.1, 0.15) is 18.4 Å². The number of piperidine rings is 1. The van der Waals surface area contributed by atoms with Crippen molar-refractivity contribution in [2.24, 2.45) is 0 Å². The Morgan fingerprint density at radius 2 is 1.82 bits per heavy atom. The molecule has 0 radical (unpaired) electrons. The maximum absolute atomic E-state index is 13.1. The van der Waals surface area contributed by atoms with Crippen LogP contribution in [0.15, 0.2) is 60.2 Å². The summed E-state index contributed by atoms with van der Waals surface area (Å²) in [7, 11) is 0. The van der Waals surface area contributed by atoms with E-state index in [-0.39, 0.29) is 41.9 Å². The second-order valence-corrected chi connectivity index (χ2v) is 15.2. The van der Waals surface area contributed by atoms with Gasteiger partial charge in [-0.2, -0.15) is 8.78 Å². The number of benzene rings is 2. The number of alkyl halides is 3. The van der Waals surface area contributed by atoms with Crippen LogP contribution in [-0.2, 0) is 33.6 Å². The van der Waals surface area contributed by atoms with Crippen LogP contribution in [0.5, 0.6) is 17.2 Å². The number of fused-ring (bicyclic) bond motifs is 1. The topological polar surface area (TPSA) is 136 Å². The third-order valence-corrected chi connectivity index (χ3v) is 11.4. The summed E-state index contributed by atoms with van der Waals surface area (Å²) < 4.78 is 43.2. The van der Waals surface area contributed by atoms with Gasteiger partial charge in [0, 0.05) is 56.7 Å². The molecule has 2 aliphatic rings. The molecule has 2 aromatic heterocycles. The van der Waals surface area contributed by atoms with Gasteiger partial charge in [-0.25, -0.2) is 0 Å². The lowest BCUT2D eigenvalue weighted by Gasteiger charge is -2.29. The highest BCUT2D eigenvalue weighted by Crippen LogP contribution is 2.35. The zero-order valence-electron chi connectivity index (χ0n) is 29.6. The first-order chi connectivity index (χ1) is 26.6. The molecule has 290 valence electrons. The summed E-state index contributed by atoms with van der Waals surface area (Å²) in [6.45, 7) is -2.15. The molecule has 1 saturated heterocycles. The second kappa shape index (κ2) is 19.0. The van der Waals surface area contributed by atoms with Crippen LogP contribution < -0.4 is 24.8 Å². The van der Waals surface area contributed by atoms with Gasteiger partial charge in [0.05, 0.1) is 22.9 Å². The third kappa shape index (κ3) is 10.3. The lowest BCUT2D eigenvalue weighted by atomic mass is 10.0. The number of amides is 4. The molecule has 11 nitrogen and oxygen atoms in total. The van der Waals surface area contributed by atoms with E-state index >= 15 is 0 Å². The highest BCUT2D eigenvalue weighted by Gasteiger charge is 2.40. The van der Waals surface area contributed by atoms with E-state index in [9.17, 15) is 28.0 Å². The molecule has 4 amide bonds. The average molecular weight is 907 g/mol. The Morgan fingerprint density at radius 1 is 1.04 bits per heavy atom. The molecule has 6 rings (SSSR count). The number of nitrogens with one attached hydrogen (secondary N) is 2. The van der Waals surface area contributed by atoms with Crippen LogP contribution in [0.1, 0.15) is 87.2 Å². The van der Waals surface area contributed by atoms with Crippen molar-refractivity contribution in [3.63, 3.8) is 0 Å². The fourth-order valence-electron chi connectivity index (χ4n) is 6.43. The normalized spacial score (nSPS) is 15.3. The number of unbranched alkanes of at least 4 members (excludes halogenated alkanes) is 4. The Hall–Kier alpha value is -4.35. The summed E-state index contributed by atoms with van der Waals surface area (Å²) in [5, 5.41) is 7.21. The Bertz CT molecular complexity index is 2030. The Labute approximate surface area is 339 Å². The Balaban J connectivity index is 0.902. The van der Waals surface area contributed by atoms with E-state index < -0.39 is 24.5 Å². The molecule has 2 aromatic carbocycles. The first kappa shape index (κ1) is 40.3. The largest absolute Gasteiger partial charge is 0.490 e. The molecule has 1 atom stereocenters. The predicted octanol–water partition coefficient (Wildman–Crippen LogP) is 8.50. The number of hydrogen-bond donors (Lipinski definition) is 2. The van der Waals surface area contributed by atoms with Crippen molar-refractivity contribution in [1.82, 2.24) is 15.2 Å². The highest BCUT2D eigenvalue weighted by molar-refractivity contribution is 14.1. The van der Waals surface area contributed by atoms with Crippen LogP contribution in [0.4, 0.5) is 14.5 Å². The number of nitrogens with zero attached hydrogens (tertiary/aromatic N) is 2. The minimum atomic E-state index is -3.05. The molecule has 4 heterocycles. The first-order valence-corrected chi connectivity index (χ1v) is 20.6. The van der Waals surface area contributed by atoms with E-state index in [1.165, 1.54) is 41.3 Å². The summed E-state index contributed by atoms with van der Waals surface area (Å²) in [4.78, 5) is 56.4. The molecular formula is C39H38ClF2IN4O7S. The number of carbonyl (C=O) groups is 4. The van der Waals surface area contributed by atoms with Gasteiger partial charge in [0.25, 0.3) is 11.8 Å². The number of aryl methyl sites for hydroxylation is 1. The first-order valence-electron chi connectivity index (χ1n) is 17.8. The number of thiophene rings is 1. The van der Waals surface area contributed by atoms with Gasteiger partial charge in [0.15, 0.2) is 11.5 Å². The summed E-state index contributed by atoms with van der Waals surface area (Å²) in [5.74, 6) is -0.782. The van der Waals surface area contributed by atoms with Crippen molar-refractivity contribution in [2.45, 2.75) is 81.6 Å². The number of imide groups is 1. The van der Waals surface area contributed by atoms with Gasteiger partial charge in [-0.05, 0) is 61.6 Å². The van der Waals surface area contributed by atoms with Crippen molar-refractivity contribution in [3.8, 4) is 17.2 Å². The van der Waals surface area contributed by atoms with E-state index in [1.54, 1.807) is 11.1 Å². The average Bonchev–Trinajstić information content (AvgIpc) is 3.72. The standard InChI is InChI=1S/C39H38ClF2IN4O7S/c40-29-19-44-18-25(17-43)35(29)46-36(49)24-9-13-31(54-39(41)42)32(16-24)52-15-5-3-1-2-4-6-23-7-10-26(11-8-23)53-21-33-27-20-47(38(51)28(27)22-55-33)30-12-14-34(48)45-37(30)50/h7-11,13,16,18-19,22,30,39H,1-6,12,14-15,17,20-21H2,(H,44,46,49)(H,45,48,50). The molecule has 0 saturated carbocycles. The quantitative estimate of drug-likeness (QED) is 0.0440. The molecule has 0 aliphatic carbocycles. The number of carbonyl (C=O) groups excluding carboxylic acids is 4. The molecule has 4 aromatic rings.